The highest BCUT2D eigenvalue weighted by molar-refractivity contribution is 5.02. The third-order valence-corrected chi connectivity index (χ3v) is 4.22. The Hall–Kier alpha value is -0.300. The van der Waals surface area contributed by atoms with Gasteiger partial charge in [-0.15, -0.1) is 0 Å². The van der Waals surface area contributed by atoms with Crippen LogP contribution < -0.4 is 5.32 Å². The van der Waals surface area contributed by atoms with Gasteiger partial charge in [0.2, 0.25) is 0 Å². The second kappa shape index (κ2) is 6.44. The van der Waals surface area contributed by atoms with Crippen LogP contribution in [0, 0.1) is 5.41 Å². The fourth-order valence-electron chi connectivity index (χ4n) is 2.85. The average Bonchev–Trinajstić information content (AvgIpc) is 2.72. The zero-order valence-electron chi connectivity index (χ0n) is 11.4. The Morgan fingerprint density at radius 3 is 2.44 bits per heavy atom. The molecular weight excluding hydrogens is 194 g/mol. The molecule has 1 N–H and O–H groups in total. The first-order valence-electron chi connectivity index (χ1n) is 7.02. The molecule has 0 aromatic rings. The van der Waals surface area contributed by atoms with Gasteiger partial charge in [-0.3, -0.25) is 0 Å². The summed E-state index contributed by atoms with van der Waals surface area (Å²) in [6.07, 6.45) is 9.15. The summed E-state index contributed by atoms with van der Waals surface area (Å²) in [5, 5.41) is 3.76. The fourth-order valence-corrected chi connectivity index (χ4v) is 2.85. The highest BCUT2D eigenvalue weighted by Crippen LogP contribution is 2.42. The molecule has 1 aliphatic rings. The van der Waals surface area contributed by atoms with Crippen LogP contribution in [-0.4, -0.2) is 12.6 Å². The molecule has 0 aromatic heterocycles. The molecule has 0 aromatic carbocycles. The summed E-state index contributed by atoms with van der Waals surface area (Å²) in [5.41, 5.74) is 1.93. The van der Waals surface area contributed by atoms with E-state index >= 15 is 0 Å². The maximum atomic E-state index is 4.18. The molecule has 1 atom stereocenters. The van der Waals surface area contributed by atoms with E-state index in [1.165, 1.54) is 44.1 Å². The molecule has 1 rings (SSSR count). The lowest BCUT2D eigenvalue weighted by molar-refractivity contribution is 0.219. The molecule has 1 fully saturated rings. The van der Waals surface area contributed by atoms with Crippen molar-refractivity contribution in [3.8, 4) is 0 Å². The quantitative estimate of drug-likeness (QED) is 0.635. The van der Waals surface area contributed by atoms with Gasteiger partial charge in [0.1, 0.15) is 0 Å². The van der Waals surface area contributed by atoms with Crippen molar-refractivity contribution in [3.05, 3.63) is 12.2 Å². The Labute approximate surface area is 102 Å². The standard InChI is InChI=1S/C15H29N/c1-5-11-16-14(12-13(3)6-2)15(4)9-7-8-10-15/h14,16H,3,5-12H2,1-2,4H3. The lowest BCUT2D eigenvalue weighted by atomic mass is 9.77. The van der Waals surface area contributed by atoms with E-state index in [1.54, 1.807) is 0 Å². The van der Waals surface area contributed by atoms with Crippen LogP contribution in [0.2, 0.25) is 0 Å². The van der Waals surface area contributed by atoms with Crippen molar-refractivity contribution < 1.29 is 0 Å². The van der Waals surface area contributed by atoms with Crippen LogP contribution in [0.1, 0.15) is 65.7 Å². The molecule has 0 heterocycles. The smallest absolute Gasteiger partial charge is 0.0158 e. The van der Waals surface area contributed by atoms with Gasteiger partial charge in [0, 0.05) is 6.04 Å². The summed E-state index contributed by atoms with van der Waals surface area (Å²) < 4.78 is 0. The molecular formula is C15H29N. The van der Waals surface area contributed by atoms with Crippen LogP contribution in [0.25, 0.3) is 0 Å². The largest absolute Gasteiger partial charge is 0.313 e. The van der Waals surface area contributed by atoms with Crippen molar-refractivity contribution in [3.63, 3.8) is 0 Å². The number of nitrogens with one attached hydrogen (secondary N) is 1. The molecule has 1 heteroatoms. The lowest BCUT2D eigenvalue weighted by Gasteiger charge is -2.35. The summed E-state index contributed by atoms with van der Waals surface area (Å²) in [4.78, 5) is 0. The van der Waals surface area contributed by atoms with Gasteiger partial charge in [0.15, 0.2) is 0 Å². The summed E-state index contributed by atoms with van der Waals surface area (Å²) >= 11 is 0. The van der Waals surface area contributed by atoms with Crippen molar-refractivity contribution in [2.75, 3.05) is 6.54 Å². The van der Waals surface area contributed by atoms with E-state index in [0.717, 1.165) is 13.0 Å². The third kappa shape index (κ3) is 3.62. The van der Waals surface area contributed by atoms with Crippen LogP contribution in [0.15, 0.2) is 12.2 Å². The van der Waals surface area contributed by atoms with Crippen LogP contribution in [0.4, 0.5) is 0 Å². The first-order valence-corrected chi connectivity index (χ1v) is 7.02. The molecule has 1 saturated carbocycles. The molecule has 0 radical (unpaired) electrons. The van der Waals surface area contributed by atoms with E-state index in [-0.39, 0.29) is 0 Å². The zero-order valence-corrected chi connectivity index (χ0v) is 11.4. The van der Waals surface area contributed by atoms with Gasteiger partial charge in [-0.2, -0.15) is 0 Å². The van der Waals surface area contributed by atoms with Crippen molar-refractivity contribution >= 4 is 0 Å². The van der Waals surface area contributed by atoms with Crippen LogP contribution in [0.3, 0.4) is 0 Å². The molecule has 0 aliphatic heterocycles. The third-order valence-electron chi connectivity index (χ3n) is 4.22. The monoisotopic (exact) mass is 223 g/mol. The Morgan fingerprint density at radius 1 is 1.31 bits per heavy atom. The molecule has 1 aliphatic carbocycles. The minimum atomic E-state index is 0.521. The number of hydrogen-bond acceptors (Lipinski definition) is 1. The lowest BCUT2D eigenvalue weighted by Crippen LogP contribution is -2.42. The summed E-state index contributed by atoms with van der Waals surface area (Å²) in [6.45, 7) is 12.3. The topological polar surface area (TPSA) is 12.0 Å². The molecule has 0 spiro atoms. The highest BCUT2D eigenvalue weighted by Gasteiger charge is 2.36. The van der Waals surface area contributed by atoms with Gasteiger partial charge in [0.25, 0.3) is 0 Å². The van der Waals surface area contributed by atoms with Crippen LogP contribution in [-0.2, 0) is 0 Å². The first-order chi connectivity index (χ1) is 7.62. The fraction of sp³-hybridized carbons (Fsp3) is 0.867. The molecule has 94 valence electrons. The van der Waals surface area contributed by atoms with Crippen molar-refractivity contribution in [1.82, 2.24) is 5.32 Å². The van der Waals surface area contributed by atoms with E-state index < -0.39 is 0 Å². The highest BCUT2D eigenvalue weighted by atomic mass is 14.9. The van der Waals surface area contributed by atoms with Gasteiger partial charge >= 0.3 is 0 Å². The minimum Gasteiger partial charge on any atom is -0.313 e. The second-order valence-electron chi connectivity index (χ2n) is 5.68. The number of hydrogen-bond donors (Lipinski definition) is 1. The summed E-state index contributed by atoms with van der Waals surface area (Å²) in [7, 11) is 0. The Bertz CT molecular complexity index is 213. The van der Waals surface area contributed by atoms with Gasteiger partial charge in [-0.25, -0.2) is 0 Å². The van der Waals surface area contributed by atoms with E-state index in [1.807, 2.05) is 0 Å². The molecule has 0 saturated heterocycles. The predicted molar refractivity (Wildman–Crippen MR) is 72.7 cm³/mol. The van der Waals surface area contributed by atoms with Gasteiger partial charge in [-0.1, -0.05) is 45.8 Å². The SMILES string of the molecule is C=C(CC)CC(NCCC)C1(C)CCCC1. The average molecular weight is 223 g/mol. The summed E-state index contributed by atoms with van der Waals surface area (Å²) in [6, 6.07) is 0.655. The molecule has 1 unspecified atom stereocenters. The van der Waals surface area contributed by atoms with E-state index in [9.17, 15) is 0 Å². The van der Waals surface area contributed by atoms with Gasteiger partial charge in [0.05, 0.1) is 0 Å². The van der Waals surface area contributed by atoms with Crippen molar-refractivity contribution in [1.29, 1.82) is 0 Å². The second-order valence-corrected chi connectivity index (χ2v) is 5.68. The maximum absolute atomic E-state index is 4.18. The van der Waals surface area contributed by atoms with Crippen LogP contribution >= 0.6 is 0 Å². The molecule has 0 bridgehead atoms. The Balaban J connectivity index is 2.58. The molecule has 1 nitrogen and oxygen atoms in total. The van der Waals surface area contributed by atoms with Crippen molar-refractivity contribution in [2.45, 2.75) is 71.8 Å². The summed E-state index contributed by atoms with van der Waals surface area (Å²) in [5.74, 6) is 0. The molecule has 16 heavy (non-hydrogen) atoms. The van der Waals surface area contributed by atoms with E-state index in [2.05, 4.69) is 32.7 Å². The number of rotatable bonds is 7. The van der Waals surface area contributed by atoms with Gasteiger partial charge in [-0.05, 0) is 44.1 Å². The Kier molecular flexibility index (Phi) is 5.54. The van der Waals surface area contributed by atoms with Gasteiger partial charge < -0.3 is 5.32 Å². The normalized spacial score (nSPS) is 20.9. The predicted octanol–water partition coefficient (Wildman–Crippen LogP) is 4.29. The first kappa shape index (κ1) is 13.8. The van der Waals surface area contributed by atoms with Crippen LogP contribution in [0.5, 0.6) is 0 Å². The zero-order chi connectivity index (χ0) is 12.0. The Morgan fingerprint density at radius 2 is 1.94 bits per heavy atom. The molecule has 0 amide bonds. The minimum absolute atomic E-state index is 0.521. The van der Waals surface area contributed by atoms with E-state index in [4.69, 9.17) is 0 Å². The maximum Gasteiger partial charge on any atom is 0.0158 e. The van der Waals surface area contributed by atoms with Crippen molar-refractivity contribution in [2.24, 2.45) is 5.41 Å². The van der Waals surface area contributed by atoms with E-state index in [0.29, 0.717) is 11.5 Å².